The Bertz CT molecular complexity index is 3730. The molecule has 3 nitrogen and oxygen atoms in total. The molecule has 10 aromatic rings. The molecule has 6 aromatic carbocycles. The lowest BCUT2D eigenvalue weighted by Crippen LogP contribution is -2.55. The van der Waals surface area contributed by atoms with Crippen LogP contribution in [0.2, 0.25) is 0 Å². The fourth-order valence-corrected chi connectivity index (χ4v) is 15.4. The third kappa shape index (κ3) is 4.57. The smallest absolute Gasteiger partial charge is 0.344 e. The maximum absolute atomic E-state index is 7.29. The highest BCUT2D eigenvalue weighted by Crippen LogP contribution is 2.57. The lowest BCUT2D eigenvalue weighted by molar-refractivity contribution is 0.332. The van der Waals surface area contributed by atoms with Gasteiger partial charge in [0.1, 0.15) is 5.58 Å². The van der Waals surface area contributed by atoms with Crippen LogP contribution in [0.25, 0.3) is 74.4 Å². The van der Waals surface area contributed by atoms with Gasteiger partial charge in [0, 0.05) is 63.3 Å². The Morgan fingerprint density at radius 1 is 0.556 bits per heavy atom. The molecule has 0 saturated carbocycles. The minimum atomic E-state index is -0.0365. The van der Waals surface area contributed by atoms with Crippen molar-refractivity contribution in [2.45, 2.75) is 110 Å². The number of anilines is 3. The SMILES string of the molecule is Cc1cc2c(cc1N1c3c(sc4cc5c(cc34)C(C)(C)CCC5(C)C)B3c4c(cc5c(oc6ccccc65)c41)-c1cccc4c5c6ccccc6sc5n3c14)C(C)(C)CCC2(C)C. The molecule has 0 atom stereocenters. The van der Waals surface area contributed by atoms with Crippen LogP contribution in [0, 0.1) is 6.92 Å². The van der Waals surface area contributed by atoms with E-state index in [4.69, 9.17) is 4.42 Å². The Balaban J connectivity index is 1.21. The molecule has 6 heteroatoms. The average Bonchev–Trinajstić information content (AvgIpc) is 4.01. The van der Waals surface area contributed by atoms with Crippen molar-refractivity contribution in [1.82, 2.24) is 4.48 Å². The minimum Gasteiger partial charge on any atom is -0.454 e. The molecule has 0 spiro atoms. The van der Waals surface area contributed by atoms with Crippen LogP contribution in [0.4, 0.5) is 17.1 Å². The monoisotopic (exact) mass is 854 g/mol. The molecule has 310 valence electrons. The van der Waals surface area contributed by atoms with Crippen molar-refractivity contribution in [2.24, 2.45) is 0 Å². The first-order valence-electron chi connectivity index (χ1n) is 23.1. The zero-order valence-electron chi connectivity index (χ0n) is 37.8. The van der Waals surface area contributed by atoms with Gasteiger partial charge in [-0.1, -0.05) is 116 Å². The first-order valence-corrected chi connectivity index (χ1v) is 24.8. The molecule has 0 amide bonds. The van der Waals surface area contributed by atoms with Gasteiger partial charge in [-0.15, -0.1) is 22.7 Å². The van der Waals surface area contributed by atoms with E-state index in [2.05, 4.69) is 169 Å². The Morgan fingerprint density at radius 3 is 1.94 bits per heavy atom. The van der Waals surface area contributed by atoms with Crippen LogP contribution in [0.1, 0.15) is 109 Å². The molecule has 0 radical (unpaired) electrons. The fraction of sp³-hybridized carbons (Fsp3) is 0.298. The van der Waals surface area contributed by atoms with Crippen LogP contribution in [0.15, 0.2) is 101 Å². The van der Waals surface area contributed by atoms with Crippen molar-refractivity contribution < 1.29 is 4.42 Å². The van der Waals surface area contributed by atoms with E-state index in [-0.39, 0.29) is 28.5 Å². The van der Waals surface area contributed by atoms with Crippen molar-refractivity contribution in [3.05, 3.63) is 125 Å². The molecular weight excluding hydrogens is 804 g/mol. The van der Waals surface area contributed by atoms with Crippen LogP contribution in [0.3, 0.4) is 0 Å². The van der Waals surface area contributed by atoms with Crippen molar-refractivity contribution in [3.63, 3.8) is 0 Å². The molecule has 63 heavy (non-hydrogen) atoms. The van der Waals surface area contributed by atoms with Gasteiger partial charge in [-0.3, -0.25) is 0 Å². The van der Waals surface area contributed by atoms with E-state index < -0.39 is 0 Å². The third-order valence-corrected chi connectivity index (χ3v) is 19.0. The van der Waals surface area contributed by atoms with Gasteiger partial charge in [0.2, 0.25) is 0 Å². The quantitative estimate of drug-likeness (QED) is 0.153. The first kappa shape index (κ1) is 37.1. The summed E-state index contributed by atoms with van der Waals surface area (Å²) in [6.45, 7) is 22.1. The Labute approximate surface area is 377 Å². The molecule has 0 fully saturated rings. The van der Waals surface area contributed by atoms with Gasteiger partial charge >= 0.3 is 6.85 Å². The lowest BCUT2D eigenvalue weighted by Gasteiger charge is -2.44. The molecule has 0 N–H and O–H groups in total. The molecule has 4 aromatic heterocycles. The van der Waals surface area contributed by atoms with Gasteiger partial charge in [-0.2, -0.15) is 0 Å². The second-order valence-electron chi connectivity index (χ2n) is 22.2. The van der Waals surface area contributed by atoms with Crippen LogP contribution in [-0.2, 0) is 21.7 Å². The predicted octanol–water partition coefficient (Wildman–Crippen LogP) is 15.5. The van der Waals surface area contributed by atoms with E-state index in [9.17, 15) is 0 Å². The van der Waals surface area contributed by atoms with Crippen molar-refractivity contribution >= 4 is 120 Å². The zero-order valence-corrected chi connectivity index (χ0v) is 39.4. The van der Waals surface area contributed by atoms with Crippen LogP contribution in [-0.4, -0.2) is 11.3 Å². The number of aromatic nitrogens is 1. The number of furan rings is 1. The van der Waals surface area contributed by atoms with Crippen molar-refractivity contribution in [3.8, 4) is 11.1 Å². The Kier molecular flexibility index (Phi) is 6.88. The zero-order chi connectivity index (χ0) is 42.9. The maximum atomic E-state index is 7.29. The number of nitrogens with zero attached hydrogens (tertiary/aromatic N) is 2. The Hall–Kier alpha value is -5.30. The van der Waals surface area contributed by atoms with Gasteiger partial charge in [-0.05, 0) is 130 Å². The fourth-order valence-electron chi connectivity index (χ4n) is 12.9. The molecule has 4 aliphatic rings. The summed E-state index contributed by atoms with van der Waals surface area (Å²) >= 11 is 4.00. The second kappa shape index (κ2) is 11.7. The summed E-state index contributed by atoms with van der Waals surface area (Å²) in [7, 11) is 0. The molecular formula is C57H51BN2OS2. The number of benzene rings is 6. The number of hydrogen-bond donors (Lipinski definition) is 0. The van der Waals surface area contributed by atoms with Gasteiger partial charge in [-0.25, -0.2) is 0 Å². The highest BCUT2D eigenvalue weighted by molar-refractivity contribution is 7.32. The third-order valence-electron chi connectivity index (χ3n) is 16.6. The highest BCUT2D eigenvalue weighted by atomic mass is 32.1. The average molecular weight is 855 g/mol. The van der Waals surface area contributed by atoms with Gasteiger partial charge in [0.15, 0.2) is 5.58 Å². The summed E-state index contributed by atoms with van der Waals surface area (Å²) < 4.78 is 14.2. The van der Waals surface area contributed by atoms with Crippen LogP contribution < -0.4 is 15.1 Å². The number of thiophene rings is 2. The summed E-state index contributed by atoms with van der Waals surface area (Å²) in [5.74, 6) is 0. The van der Waals surface area contributed by atoms with E-state index in [0.717, 1.165) is 11.2 Å². The number of para-hydroxylation sites is 2. The highest BCUT2D eigenvalue weighted by Gasteiger charge is 2.49. The molecule has 0 unspecified atom stereocenters. The van der Waals surface area contributed by atoms with Crippen molar-refractivity contribution in [2.75, 3.05) is 4.90 Å². The lowest BCUT2D eigenvalue weighted by atomic mass is 9.48. The molecule has 14 rings (SSSR count). The summed E-state index contributed by atoms with van der Waals surface area (Å²) in [5, 5.41) is 7.82. The van der Waals surface area contributed by atoms with E-state index in [1.807, 2.05) is 22.7 Å². The molecule has 0 bridgehead atoms. The molecule has 6 heterocycles. The van der Waals surface area contributed by atoms with Gasteiger partial charge in [0.25, 0.3) is 0 Å². The van der Waals surface area contributed by atoms with Gasteiger partial charge in [0.05, 0.1) is 16.2 Å². The molecule has 2 aliphatic heterocycles. The second-order valence-corrected chi connectivity index (χ2v) is 24.3. The summed E-state index contributed by atoms with van der Waals surface area (Å²) in [5.41, 5.74) is 18.8. The molecule has 2 aliphatic carbocycles. The molecule has 0 saturated heterocycles. The standard InChI is InChI=1S/C57H51BN2OS2/c1-30-25-38-40(56(6,7)23-21-54(38,2)3)28-42(30)59-49-37-27-39-41(57(8,9)24-22-55(39,4)5)29-45(37)62-52(49)58-47-35(26-36-31-15-10-12-19-43(31)61-51(36)50(47)59)32-17-14-18-34-46-33-16-11-13-20-44(33)63-53(46)60(58)48(32)34/h10-20,25-29H,21-24H2,1-9H3. The van der Waals surface area contributed by atoms with E-state index in [0.29, 0.717) is 0 Å². The first-order chi connectivity index (χ1) is 30.1. The summed E-state index contributed by atoms with van der Waals surface area (Å²) in [6, 6.07) is 37.8. The minimum absolute atomic E-state index is 0.0365. The maximum Gasteiger partial charge on any atom is 0.344 e. The van der Waals surface area contributed by atoms with Gasteiger partial charge < -0.3 is 13.8 Å². The number of aryl methyl sites for hydroxylation is 1. The summed E-state index contributed by atoms with van der Waals surface area (Å²) in [4.78, 5) is 4.09. The normalized spacial score (nSPS) is 18.7. The topological polar surface area (TPSA) is 21.3 Å². The van der Waals surface area contributed by atoms with Crippen molar-refractivity contribution in [1.29, 1.82) is 0 Å². The Morgan fingerprint density at radius 2 is 1.19 bits per heavy atom. The number of fused-ring (bicyclic) bond motifs is 17. The largest absolute Gasteiger partial charge is 0.454 e. The summed E-state index contributed by atoms with van der Waals surface area (Å²) in [6.07, 6.45) is 4.73. The van der Waals surface area contributed by atoms with E-state index in [1.165, 1.54) is 144 Å². The van der Waals surface area contributed by atoms with E-state index in [1.54, 1.807) is 0 Å². The predicted molar refractivity (Wildman–Crippen MR) is 273 cm³/mol. The van der Waals surface area contributed by atoms with Crippen LogP contribution >= 0.6 is 22.7 Å². The number of hydrogen-bond acceptors (Lipinski definition) is 4. The number of rotatable bonds is 1. The van der Waals surface area contributed by atoms with Crippen LogP contribution in [0.5, 0.6) is 0 Å². The van der Waals surface area contributed by atoms with E-state index >= 15 is 0 Å².